The molecular weight excluding hydrogens is 444 g/mol. The van der Waals surface area contributed by atoms with E-state index in [1.54, 1.807) is 7.11 Å². The van der Waals surface area contributed by atoms with E-state index in [1.807, 2.05) is 28.8 Å². The van der Waals surface area contributed by atoms with Gasteiger partial charge in [-0.3, -0.25) is 19.5 Å². The van der Waals surface area contributed by atoms with E-state index < -0.39 is 12.1 Å². The summed E-state index contributed by atoms with van der Waals surface area (Å²) in [7, 11) is 1.59. The lowest BCUT2D eigenvalue weighted by atomic mass is 9.95. The third kappa shape index (κ3) is 6.04. The summed E-state index contributed by atoms with van der Waals surface area (Å²) in [5.74, 6) is 1.12. The number of imide groups is 1. The third-order valence-electron chi connectivity index (χ3n) is 5.76. The van der Waals surface area contributed by atoms with Crippen LogP contribution in [-0.4, -0.2) is 57.6 Å². The first-order chi connectivity index (χ1) is 16.0. The molecule has 1 aliphatic carbocycles. The van der Waals surface area contributed by atoms with E-state index >= 15 is 0 Å². The van der Waals surface area contributed by atoms with Crippen LogP contribution in [0.4, 0.5) is 4.79 Å². The van der Waals surface area contributed by atoms with Crippen LogP contribution in [-0.2, 0) is 16.0 Å². The standard InChI is InChI=1S/C22H28N6O4S/c1-32-17-9-5-8-16(12-17)28-18(10-15-11-19(29)25-21(31)24-15)26-27-22(28)33-13-20(30)23-14-6-3-2-4-7-14/h5,8-9,12,14-15H,2-4,6-7,10-11,13H2,1H3,(H,23,30)(H2,24,25,29,31). The quantitative estimate of drug-likeness (QED) is 0.501. The number of rotatable bonds is 8. The molecule has 4 amide bonds. The number of carbonyl (C=O) groups excluding carboxylic acids is 3. The average molecular weight is 473 g/mol. The Morgan fingerprint density at radius 1 is 1.24 bits per heavy atom. The lowest BCUT2D eigenvalue weighted by Crippen LogP contribution is -2.53. The van der Waals surface area contributed by atoms with Crippen LogP contribution in [0.5, 0.6) is 5.75 Å². The highest BCUT2D eigenvalue weighted by Gasteiger charge is 2.27. The molecule has 3 N–H and O–H groups in total. The van der Waals surface area contributed by atoms with Crippen LogP contribution >= 0.6 is 11.8 Å². The van der Waals surface area contributed by atoms with Gasteiger partial charge in [-0.2, -0.15) is 0 Å². The zero-order chi connectivity index (χ0) is 23.2. The third-order valence-corrected chi connectivity index (χ3v) is 6.69. The summed E-state index contributed by atoms with van der Waals surface area (Å²) in [4.78, 5) is 36.0. The number of nitrogens with one attached hydrogen (secondary N) is 3. The Bertz CT molecular complexity index is 1000. The molecule has 1 aromatic heterocycles. The second kappa shape index (κ2) is 10.7. The molecule has 2 fully saturated rings. The smallest absolute Gasteiger partial charge is 0.321 e. The van der Waals surface area contributed by atoms with Gasteiger partial charge in [-0.1, -0.05) is 37.1 Å². The number of aromatic nitrogens is 3. The highest BCUT2D eigenvalue weighted by molar-refractivity contribution is 7.99. The Labute approximate surface area is 196 Å². The fourth-order valence-corrected chi connectivity index (χ4v) is 4.98. The van der Waals surface area contributed by atoms with Crippen molar-refractivity contribution in [1.29, 1.82) is 0 Å². The Hall–Kier alpha value is -3.08. The summed E-state index contributed by atoms with van der Waals surface area (Å²) in [5, 5.41) is 17.3. The predicted octanol–water partition coefficient (Wildman–Crippen LogP) is 1.96. The Morgan fingerprint density at radius 3 is 2.82 bits per heavy atom. The first kappa shape index (κ1) is 23.1. The largest absolute Gasteiger partial charge is 0.497 e. The van der Waals surface area contributed by atoms with Crippen molar-refractivity contribution in [3.05, 3.63) is 30.1 Å². The molecular formula is C22H28N6O4S. The molecule has 1 unspecified atom stereocenters. The summed E-state index contributed by atoms with van der Waals surface area (Å²) in [5.41, 5.74) is 0.774. The van der Waals surface area contributed by atoms with Crippen molar-refractivity contribution < 1.29 is 19.1 Å². The zero-order valence-corrected chi connectivity index (χ0v) is 19.3. The van der Waals surface area contributed by atoms with Crippen molar-refractivity contribution >= 4 is 29.6 Å². The maximum atomic E-state index is 12.5. The van der Waals surface area contributed by atoms with E-state index in [9.17, 15) is 14.4 Å². The van der Waals surface area contributed by atoms with E-state index in [4.69, 9.17) is 4.74 Å². The molecule has 1 aliphatic heterocycles. The molecule has 4 rings (SSSR count). The van der Waals surface area contributed by atoms with Gasteiger partial charge in [0.15, 0.2) is 5.16 Å². The Kier molecular flexibility index (Phi) is 7.48. The summed E-state index contributed by atoms with van der Waals surface area (Å²) >= 11 is 1.31. The van der Waals surface area contributed by atoms with Crippen LogP contribution in [0.3, 0.4) is 0 Å². The second-order valence-electron chi connectivity index (χ2n) is 8.25. The molecule has 0 radical (unpaired) electrons. The lowest BCUT2D eigenvalue weighted by molar-refractivity contribution is -0.121. The van der Waals surface area contributed by atoms with Gasteiger partial charge in [0.25, 0.3) is 0 Å². The first-order valence-corrected chi connectivity index (χ1v) is 12.1. The molecule has 1 saturated carbocycles. The van der Waals surface area contributed by atoms with Gasteiger partial charge >= 0.3 is 6.03 Å². The zero-order valence-electron chi connectivity index (χ0n) is 18.5. The van der Waals surface area contributed by atoms with Crippen LogP contribution in [0.2, 0.25) is 0 Å². The van der Waals surface area contributed by atoms with Crippen molar-refractivity contribution in [2.45, 2.75) is 62.2 Å². The van der Waals surface area contributed by atoms with Gasteiger partial charge in [0.05, 0.1) is 18.6 Å². The fourth-order valence-electron chi connectivity index (χ4n) is 4.20. The minimum absolute atomic E-state index is 0.0233. The molecule has 11 heteroatoms. The Morgan fingerprint density at radius 2 is 2.06 bits per heavy atom. The molecule has 2 aromatic rings. The molecule has 33 heavy (non-hydrogen) atoms. The van der Waals surface area contributed by atoms with E-state index in [1.165, 1.54) is 18.2 Å². The van der Waals surface area contributed by atoms with Gasteiger partial charge < -0.3 is 15.4 Å². The van der Waals surface area contributed by atoms with Crippen LogP contribution in [0, 0.1) is 0 Å². The predicted molar refractivity (Wildman–Crippen MR) is 122 cm³/mol. The summed E-state index contributed by atoms with van der Waals surface area (Å²) in [6.07, 6.45) is 6.07. The molecule has 2 aliphatic rings. The SMILES string of the molecule is COc1cccc(-n2c(CC3CC(=O)NC(=O)N3)nnc2SCC(=O)NC2CCCCC2)c1. The van der Waals surface area contributed by atoms with Crippen molar-refractivity contribution in [3.63, 3.8) is 0 Å². The maximum Gasteiger partial charge on any atom is 0.321 e. The topological polar surface area (TPSA) is 127 Å². The highest BCUT2D eigenvalue weighted by atomic mass is 32.2. The number of ether oxygens (including phenoxy) is 1. The lowest BCUT2D eigenvalue weighted by Gasteiger charge is -2.23. The molecule has 10 nitrogen and oxygen atoms in total. The van der Waals surface area contributed by atoms with Gasteiger partial charge in [-0.05, 0) is 25.0 Å². The second-order valence-corrected chi connectivity index (χ2v) is 9.20. The number of thioether (sulfide) groups is 1. The number of methoxy groups -OCH3 is 1. The van der Waals surface area contributed by atoms with Crippen molar-refractivity contribution in [2.24, 2.45) is 0 Å². The van der Waals surface area contributed by atoms with E-state index in [-0.39, 0.29) is 30.0 Å². The summed E-state index contributed by atoms with van der Waals surface area (Å²) < 4.78 is 7.21. The monoisotopic (exact) mass is 472 g/mol. The molecule has 1 aromatic carbocycles. The van der Waals surface area contributed by atoms with E-state index in [2.05, 4.69) is 26.1 Å². The van der Waals surface area contributed by atoms with Crippen LogP contribution in [0.1, 0.15) is 44.3 Å². The average Bonchev–Trinajstić information content (AvgIpc) is 3.20. The molecule has 1 saturated heterocycles. The highest BCUT2D eigenvalue weighted by Crippen LogP contribution is 2.26. The van der Waals surface area contributed by atoms with Crippen LogP contribution in [0.25, 0.3) is 5.69 Å². The Balaban J connectivity index is 1.52. The maximum absolute atomic E-state index is 12.5. The van der Waals surface area contributed by atoms with Crippen LogP contribution in [0.15, 0.2) is 29.4 Å². The number of amides is 4. The van der Waals surface area contributed by atoms with E-state index in [0.717, 1.165) is 31.4 Å². The normalized spacial score (nSPS) is 19.0. The number of nitrogens with zero attached hydrogens (tertiary/aromatic N) is 3. The molecule has 2 heterocycles. The summed E-state index contributed by atoms with van der Waals surface area (Å²) in [6.45, 7) is 0. The molecule has 0 spiro atoms. The number of urea groups is 1. The molecule has 176 valence electrons. The minimum atomic E-state index is -0.516. The van der Waals surface area contributed by atoms with E-state index in [0.29, 0.717) is 23.2 Å². The van der Waals surface area contributed by atoms with Gasteiger partial charge in [0.2, 0.25) is 11.8 Å². The van der Waals surface area contributed by atoms with Crippen LogP contribution < -0.4 is 20.7 Å². The van der Waals surface area contributed by atoms with Crippen molar-refractivity contribution in [2.75, 3.05) is 12.9 Å². The number of carbonyl (C=O) groups is 3. The van der Waals surface area contributed by atoms with Crippen molar-refractivity contribution in [1.82, 2.24) is 30.7 Å². The van der Waals surface area contributed by atoms with Gasteiger partial charge in [-0.25, -0.2) is 4.79 Å². The summed E-state index contributed by atoms with van der Waals surface area (Å²) in [6, 6.07) is 6.78. The number of benzene rings is 1. The fraction of sp³-hybridized carbons (Fsp3) is 0.500. The minimum Gasteiger partial charge on any atom is -0.497 e. The number of hydrogen-bond donors (Lipinski definition) is 3. The first-order valence-electron chi connectivity index (χ1n) is 11.1. The van der Waals surface area contributed by atoms with Gasteiger partial charge in [-0.15, -0.1) is 10.2 Å². The van der Waals surface area contributed by atoms with Gasteiger partial charge in [0.1, 0.15) is 11.6 Å². The van der Waals surface area contributed by atoms with Gasteiger partial charge in [0, 0.05) is 31.0 Å². The number of hydrogen-bond acceptors (Lipinski definition) is 7. The van der Waals surface area contributed by atoms with Crippen molar-refractivity contribution in [3.8, 4) is 11.4 Å². The molecule has 0 bridgehead atoms. The molecule has 1 atom stereocenters.